The molecule has 253 valence electrons. The van der Waals surface area contributed by atoms with Gasteiger partial charge in [0.15, 0.2) is 0 Å². The maximum Gasteiger partial charge on any atom is 2.00 e. The second-order valence-corrected chi connectivity index (χ2v) is 12.4. The average Bonchev–Trinajstić information content (AvgIpc) is 3.49. The van der Waals surface area contributed by atoms with Crippen molar-refractivity contribution < 1.29 is 26.6 Å². The molecule has 0 saturated heterocycles. The van der Waals surface area contributed by atoms with Gasteiger partial charge in [-0.15, -0.1) is 6.54 Å². The van der Waals surface area contributed by atoms with Crippen LogP contribution in [0.2, 0.25) is 5.02 Å². The van der Waals surface area contributed by atoms with E-state index in [2.05, 4.69) is 28.1 Å². The quantitative estimate of drug-likeness (QED) is 0.0962. The van der Waals surface area contributed by atoms with Gasteiger partial charge in [-0.1, -0.05) is 41.9 Å². The fourth-order valence-electron chi connectivity index (χ4n) is 6.52. The molecule has 0 bridgehead atoms. The Kier molecular flexibility index (Phi) is 11.1. The molecule has 1 unspecified atom stereocenters. The molecule has 1 aliphatic carbocycles. The number of aromatic nitrogens is 4. The van der Waals surface area contributed by atoms with Crippen molar-refractivity contribution in [1.82, 2.24) is 24.4 Å². The SMILES string of the molecule is COc1nc(-c2cccc(-c3cccc(Nc4nc(C)cc5c4c(=O)n(C)c(=O)n5C)c3C)c2Cl)cc2c1C(NC[CH-]CC[C-]=O)CC2.[Mn+2]. The molecule has 1 aliphatic rings. The average molecular weight is 720 g/mol. The largest absolute Gasteiger partial charge is 2.00 e. The number of unbranched alkanes of at least 4 members (excludes halogenated alkanes) is 2. The van der Waals surface area contributed by atoms with Gasteiger partial charge in [-0.3, -0.25) is 20.2 Å². The zero-order chi connectivity index (χ0) is 34.1. The first-order valence-corrected chi connectivity index (χ1v) is 16.2. The van der Waals surface area contributed by atoms with Crippen LogP contribution in [-0.2, 0) is 42.4 Å². The number of pyridine rings is 2. The molecule has 1 radical (unpaired) electrons. The summed E-state index contributed by atoms with van der Waals surface area (Å²) >= 11 is 7.18. The van der Waals surface area contributed by atoms with Gasteiger partial charge in [0.1, 0.15) is 11.2 Å². The molecule has 49 heavy (non-hydrogen) atoms. The third-order valence-electron chi connectivity index (χ3n) is 9.04. The van der Waals surface area contributed by atoms with Crippen LogP contribution in [0.3, 0.4) is 0 Å². The molecule has 10 nitrogen and oxygen atoms in total. The van der Waals surface area contributed by atoms with E-state index in [0.29, 0.717) is 52.7 Å². The van der Waals surface area contributed by atoms with Crippen molar-refractivity contribution in [3.05, 3.63) is 103 Å². The van der Waals surface area contributed by atoms with Gasteiger partial charge in [-0.05, 0) is 61.6 Å². The summed E-state index contributed by atoms with van der Waals surface area (Å²) in [6, 6.07) is 15.7. The molecule has 3 aromatic heterocycles. The Morgan fingerprint density at radius 3 is 2.53 bits per heavy atom. The minimum Gasteiger partial charge on any atom is -0.542 e. The molecule has 0 amide bonds. The van der Waals surface area contributed by atoms with E-state index in [1.807, 2.05) is 56.5 Å². The van der Waals surface area contributed by atoms with E-state index in [9.17, 15) is 14.4 Å². The van der Waals surface area contributed by atoms with Crippen molar-refractivity contribution in [2.24, 2.45) is 14.1 Å². The normalized spacial score (nSPS) is 13.6. The maximum absolute atomic E-state index is 13.3. The van der Waals surface area contributed by atoms with Gasteiger partial charge in [0.25, 0.3) is 5.56 Å². The van der Waals surface area contributed by atoms with Crippen molar-refractivity contribution >= 4 is 40.3 Å². The number of hydrogen-bond donors (Lipinski definition) is 2. The van der Waals surface area contributed by atoms with Crippen molar-refractivity contribution in [3.8, 4) is 28.3 Å². The summed E-state index contributed by atoms with van der Waals surface area (Å²) in [5, 5.41) is 7.82. The number of methoxy groups -OCH3 is 1. The summed E-state index contributed by atoms with van der Waals surface area (Å²) in [5.41, 5.74) is 7.51. The van der Waals surface area contributed by atoms with Gasteiger partial charge >= 0.3 is 22.8 Å². The Morgan fingerprint density at radius 1 is 1.04 bits per heavy atom. The summed E-state index contributed by atoms with van der Waals surface area (Å²) < 4.78 is 8.34. The van der Waals surface area contributed by atoms with Gasteiger partial charge in [-0.25, -0.2) is 21.2 Å². The van der Waals surface area contributed by atoms with E-state index < -0.39 is 11.2 Å². The first-order chi connectivity index (χ1) is 23.1. The standard InChI is InChI=1S/C37H37ClN6O4.Mn/c1-21-19-30-32(36(46)44(4)37(47)43(30)3)34(40-21)41-27-14-10-11-24(22(27)2)25-12-9-13-26(33(25)38)29-20-23-15-16-28(31(23)35(42-29)48-5)39-17-7-6-8-18-45;/h7,9-14,19-20,28,39H,6,8,15-17H2,1-5H3,(H,40,41);/q-2;+2. The predicted octanol–water partition coefficient (Wildman–Crippen LogP) is 6.05. The van der Waals surface area contributed by atoms with Crippen molar-refractivity contribution in [3.63, 3.8) is 0 Å². The Labute approximate surface area is 300 Å². The summed E-state index contributed by atoms with van der Waals surface area (Å²) in [5.74, 6) is 0.949. The van der Waals surface area contributed by atoms with E-state index in [0.717, 1.165) is 56.6 Å². The van der Waals surface area contributed by atoms with Crippen LogP contribution in [0.1, 0.15) is 47.7 Å². The van der Waals surface area contributed by atoms with Crippen LogP contribution in [0.4, 0.5) is 11.5 Å². The minimum absolute atomic E-state index is 0. The number of rotatable bonds is 11. The Bertz CT molecular complexity index is 2180. The smallest absolute Gasteiger partial charge is 0.542 e. The maximum atomic E-state index is 13.3. The van der Waals surface area contributed by atoms with Crippen molar-refractivity contribution in [1.29, 1.82) is 0 Å². The monoisotopic (exact) mass is 719 g/mol. The molecule has 2 N–H and O–H groups in total. The summed E-state index contributed by atoms with van der Waals surface area (Å²) in [6.45, 7) is 4.50. The summed E-state index contributed by atoms with van der Waals surface area (Å²) in [4.78, 5) is 46.0. The zero-order valence-electron chi connectivity index (χ0n) is 28.0. The van der Waals surface area contributed by atoms with E-state index in [1.165, 1.54) is 17.2 Å². The molecule has 1 atom stereocenters. The second-order valence-electron chi connectivity index (χ2n) is 12.0. The van der Waals surface area contributed by atoms with Gasteiger partial charge < -0.3 is 26.6 Å². The number of halogens is 1. The first-order valence-electron chi connectivity index (χ1n) is 15.9. The van der Waals surface area contributed by atoms with E-state index >= 15 is 0 Å². The molecule has 0 aliphatic heterocycles. The number of hydrogen-bond acceptors (Lipinski definition) is 8. The van der Waals surface area contributed by atoms with E-state index in [4.69, 9.17) is 21.3 Å². The third kappa shape index (κ3) is 6.81. The number of nitrogens with zero attached hydrogens (tertiary/aromatic N) is 4. The topological polar surface area (TPSA) is 120 Å². The minimum atomic E-state index is -0.418. The third-order valence-corrected chi connectivity index (χ3v) is 9.45. The molecule has 3 heterocycles. The Hall–Kier alpha value is -4.28. The molecule has 0 fully saturated rings. The van der Waals surface area contributed by atoms with Crippen LogP contribution in [-0.4, -0.2) is 39.0 Å². The molecule has 6 rings (SSSR count). The predicted molar refractivity (Wildman–Crippen MR) is 190 cm³/mol. The molecular weight excluding hydrogens is 683 g/mol. The number of anilines is 2. The number of ether oxygens (including phenoxy) is 1. The van der Waals surface area contributed by atoms with Crippen LogP contribution in [0, 0.1) is 20.3 Å². The fraction of sp³-hybridized carbons (Fsp3) is 0.297. The zero-order valence-corrected chi connectivity index (χ0v) is 29.9. The second kappa shape index (κ2) is 15.1. The fourth-order valence-corrected chi connectivity index (χ4v) is 6.85. The summed E-state index contributed by atoms with van der Waals surface area (Å²) in [7, 11) is 4.74. The van der Waals surface area contributed by atoms with Crippen LogP contribution < -0.4 is 26.6 Å². The number of fused-ring (bicyclic) bond motifs is 2. The molecular formula is C37H37ClMnN6O4. The number of nitrogens with one attached hydrogen (secondary N) is 2. The molecule has 0 spiro atoms. The number of carbonyl (C=O) groups excluding carboxylic acids is 1. The van der Waals surface area contributed by atoms with Gasteiger partial charge in [0.2, 0.25) is 5.88 Å². The first kappa shape index (κ1) is 36.0. The van der Waals surface area contributed by atoms with Gasteiger partial charge in [0, 0.05) is 48.2 Å². The van der Waals surface area contributed by atoms with E-state index in [1.54, 1.807) is 20.2 Å². The van der Waals surface area contributed by atoms with Crippen LogP contribution in [0.5, 0.6) is 5.88 Å². The summed E-state index contributed by atoms with van der Waals surface area (Å²) in [6.07, 6.45) is 6.88. The Balaban J connectivity index is 0.00000468. The van der Waals surface area contributed by atoms with Crippen LogP contribution in [0.25, 0.3) is 33.3 Å². The van der Waals surface area contributed by atoms with E-state index in [-0.39, 0.29) is 23.1 Å². The van der Waals surface area contributed by atoms with Gasteiger partial charge in [0.05, 0.1) is 23.3 Å². The molecule has 5 aromatic rings. The number of benzene rings is 2. The van der Waals surface area contributed by atoms with Crippen LogP contribution in [0.15, 0.2) is 58.1 Å². The van der Waals surface area contributed by atoms with Crippen LogP contribution >= 0.6 is 11.6 Å². The van der Waals surface area contributed by atoms with Crippen molar-refractivity contribution in [2.45, 2.75) is 45.6 Å². The molecule has 2 aromatic carbocycles. The molecule has 12 heteroatoms. The Morgan fingerprint density at radius 2 is 1.78 bits per heavy atom. The number of aryl methyl sites for hydroxylation is 3. The van der Waals surface area contributed by atoms with Gasteiger partial charge in [-0.2, -0.15) is 6.42 Å². The van der Waals surface area contributed by atoms with Crippen molar-refractivity contribution in [2.75, 3.05) is 19.0 Å². The molecule has 0 saturated carbocycles.